The van der Waals surface area contributed by atoms with Crippen LogP contribution in [0.25, 0.3) is 11.8 Å². The zero-order valence-corrected chi connectivity index (χ0v) is 23.2. The van der Waals surface area contributed by atoms with Crippen molar-refractivity contribution in [2.75, 3.05) is 6.61 Å². The number of esters is 4. The Labute approximate surface area is 237 Å². The quantitative estimate of drug-likeness (QED) is 0.249. The van der Waals surface area contributed by atoms with Crippen molar-refractivity contribution in [1.29, 1.82) is 0 Å². The average molecular weight is 602 g/mol. The van der Waals surface area contributed by atoms with Gasteiger partial charge in [0, 0.05) is 24.8 Å². The lowest BCUT2D eigenvalue weighted by Crippen LogP contribution is -2.44. The van der Waals surface area contributed by atoms with Crippen LogP contribution in [0, 0.1) is 0 Å². The minimum absolute atomic E-state index is 0.00941. The SMILES string of the molecule is CCOC(=O)CCC1(C)OC(=O)C(=CC=Cc2c(OC(=O)CC)[nH]n(-c3c(Cl)cc(Cl)cc3Cl)c2=O)C(=O)O1. The van der Waals surface area contributed by atoms with E-state index in [1.807, 2.05) is 0 Å². The van der Waals surface area contributed by atoms with Gasteiger partial charge in [0.15, 0.2) is 0 Å². The van der Waals surface area contributed by atoms with Crippen LogP contribution in [0.4, 0.5) is 0 Å². The monoisotopic (exact) mass is 600 g/mol. The maximum Gasteiger partial charge on any atom is 0.348 e. The van der Waals surface area contributed by atoms with Crippen LogP contribution in [0.1, 0.15) is 45.6 Å². The van der Waals surface area contributed by atoms with Crippen LogP contribution in [0.5, 0.6) is 5.88 Å². The van der Waals surface area contributed by atoms with Gasteiger partial charge in [0.2, 0.25) is 5.88 Å². The highest BCUT2D eigenvalue weighted by atomic mass is 35.5. The number of halogens is 3. The van der Waals surface area contributed by atoms with Gasteiger partial charge < -0.3 is 18.9 Å². The van der Waals surface area contributed by atoms with E-state index >= 15 is 0 Å². The molecule has 0 radical (unpaired) electrons. The first kappa shape index (κ1) is 30.0. The van der Waals surface area contributed by atoms with Gasteiger partial charge in [-0.3, -0.25) is 19.5 Å². The maximum atomic E-state index is 13.2. The van der Waals surface area contributed by atoms with E-state index in [2.05, 4.69) is 5.10 Å². The predicted molar refractivity (Wildman–Crippen MR) is 141 cm³/mol. The molecule has 39 heavy (non-hydrogen) atoms. The summed E-state index contributed by atoms with van der Waals surface area (Å²) in [5, 5.41) is 2.96. The summed E-state index contributed by atoms with van der Waals surface area (Å²) in [6.07, 6.45) is 3.24. The van der Waals surface area contributed by atoms with E-state index in [1.54, 1.807) is 13.8 Å². The van der Waals surface area contributed by atoms with E-state index < -0.39 is 40.8 Å². The van der Waals surface area contributed by atoms with Crippen LogP contribution in [0.15, 0.2) is 34.7 Å². The highest BCUT2D eigenvalue weighted by molar-refractivity contribution is 6.40. The molecule has 0 aliphatic carbocycles. The van der Waals surface area contributed by atoms with Crippen molar-refractivity contribution in [2.45, 2.75) is 45.8 Å². The molecule has 1 saturated heterocycles. The second kappa shape index (κ2) is 12.5. The summed E-state index contributed by atoms with van der Waals surface area (Å²) in [4.78, 5) is 61.8. The molecule has 14 heteroatoms. The second-order valence-electron chi connectivity index (χ2n) is 8.20. The lowest BCUT2D eigenvalue weighted by Gasteiger charge is -2.33. The number of cyclic esters (lactones) is 2. The third-order valence-electron chi connectivity index (χ3n) is 5.27. The van der Waals surface area contributed by atoms with Crippen LogP contribution in [-0.4, -0.2) is 46.1 Å². The second-order valence-corrected chi connectivity index (χ2v) is 9.45. The van der Waals surface area contributed by atoms with E-state index in [0.717, 1.165) is 10.8 Å². The Bertz CT molecular complexity index is 1400. The first-order chi connectivity index (χ1) is 18.4. The van der Waals surface area contributed by atoms with Crippen molar-refractivity contribution in [3.63, 3.8) is 0 Å². The molecule has 0 atom stereocenters. The fourth-order valence-corrected chi connectivity index (χ4v) is 4.38. The number of allylic oxidation sites excluding steroid dienone is 2. The molecule has 2 heterocycles. The highest BCUT2D eigenvalue weighted by Gasteiger charge is 2.42. The number of aromatic nitrogens is 2. The molecule has 1 aromatic heterocycles. The minimum Gasteiger partial charge on any atom is -0.466 e. The largest absolute Gasteiger partial charge is 0.466 e. The molecule has 1 aliphatic rings. The van der Waals surface area contributed by atoms with Gasteiger partial charge >= 0.3 is 23.9 Å². The van der Waals surface area contributed by atoms with E-state index in [-0.39, 0.29) is 58.1 Å². The van der Waals surface area contributed by atoms with Crippen LogP contribution in [0.3, 0.4) is 0 Å². The molecule has 1 aliphatic heterocycles. The molecule has 1 fully saturated rings. The molecule has 11 nitrogen and oxygen atoms in total. The normalized spacial score (nSPS) is 17.1. The fourth-order valence-electron chi connectivity index (χ4n) is 3.39. The number of nitrogens with one attached hydrogen (secondary N) is 1. The molecule has 0 spiro atoms. The van der Waals surface area contributed by atoms with Crippen LogP contribution in [0.2, 0.25) is 15.1 Å². The summed E-state index contributed by atoms with van der Waals surface area (Å²) < 4.78 is 21.5. The van der Waals surface area contributed by atoms with Crippen molar-refractivity contribution < 1.29 is 38.1 Å². The third kappa shape index (κ3) is 7.11. The van der Waals surface area contributed by atoms with Crippen molar-refractivity contribution >= 4 is 64.8 Å². The average Bonchev–Trinajstić information content (AvgIpc) is 3.13. The summed E-state index contributed by atoms with van der Waals surface area (Å²) in [6, 6.07) is 2.74. The number of carbonyl (C=O) groups excluding carboxylic acids is 4. The Hall–Kier alpha value is -3.54. The van der Waals surface area contributed by atoms with Crippen LogP contribution in [-0.2, 0) is 33.4 Å². The molecule has 1 aromatic carbocycles. The first-order valence-corrected chi connectivity index (χ1v) is 12.7. The molecule has 2 aromatic rings. The molecule has 3 rings (SSSR count). The summed E-state index contributed by atoms with van der Waals surface area (Å²) in [5.41, 5.74) is -1.27. The van der Waals surface area contributed by atoms with E-state index in [9.17, 15) is 24.0 Å². The molecular formula is C25H23Cl3N2O9. The number of benzene rings is 1. The minimum atomic E-state index is -1.66. The van der Waals surface area contributed by atoms with E-state index in [0.29, 0.717) is 0 Å². The number of aromatic amines is 1. The van der Waals surface area contributed by atoms with Gasteiger partial charge in [-0.15, -0.1) is 0 Å². The van der Waals surface area contributed by atoms with E-state index in [4.69, 9.17) is 53.8 Å². The highest BCUT2D eigenvalue weighted by Crippen LogP contribution is 2.32. The Kier molecular flexibility index (Phi) is 9.65. The molecule has 0 bridgehead atoms. The zero-order valence-electron chi connectivity index (χ0n) is 21.0. The number of carbonyl (C=O) groups is 4. The van der Waals surface area contributed by atoms with E-state index in [1.165, 1.54) is 31.2 Å². The Morgan fingerprint density at radius 3 is 2.23 bits per heavy atom. The molecule has 1 N–H and O–H groups in total. The number of hydrogen-bond donors (Lipinski definition) is 1. The van der Waals surface area contributed by atoms with Gasteiger partial charge in [-0.25, -0.2) is 14.3 Å². The van der Waals surface area contributed by atoms with Gasteiger partial charge in [-0.05, 0) is 31.2 Å². The van der Waals surface area contributed by atoms with Crippen molar-refractivity contribution in [1.82, 2.24) is 9.78 Å². The first-order valence-electron chi connectivity index (χ1n) is 11.6. The number of hydrogen-bond acceptors (Lipinski definition) is 9. The lowest BCUT2D eigenvalue weighted by atomic mass is 10.1. The molecule has 208 valence electrons. The van der Waals surface area contributed by atoms with Crippen LogP contribution < -0.4 is 10.3 Å². The Balaban J connectivity index is 1.91. The topological polar surface area (TPSA) is 143 Å². The smallest absolute Gasteiger partial charge is 0.348 e. The molecular weight excluding hydrogens is 579 g/mol. The molecule has 0 amide bonds. The number of ether oxygens (including phenoxy) is 4. The summed E-state index contributed by atoms with van der Waals surface area (Å²) in [5.74, 6) is -5.06. The Morgan fingerprint density at radius 2 is 1.67 bits per heavy atom. The van der Waals surface area contributed by atoms with Gasteiger partial charge in [0.25, 0.3) is 11.3 Å². The lowest BCUT2D eigenvalue weighted by molar-refractivity contribution is -0.231. The number of rotatable bonds is 9. The number of nitrogens with zero attached hydrogens (tertiary/aromatic N) is 1. The van der Waals surface area contributed by atoms with Gasteiger partial charge in [-0.2, -0.15) is 0 Å². The molecule has 0 saturated carbocycles. The van der Waals surface area contributed by atoms with Gasteiger partial charge in [0.05, 0.1) is 23.1 Å². The van der Waals surface area contributed by atoms with Crippen molar-refractivity contribution in [3.8, 4) is 11.6 Å². The van der Waals surface area contributed by atoms with Crippen molar-refractivity contribution in [3.05, 3.63) is 60.8 Å². The summed E-state index contributed by atoms with van der Waals surface area (Å²) in [6.45, 7) is 4.73. The fraction of sp³-hybridized carbons (Fsp3) is 0.320. The molecule has 0 unspecified atom stereocenters. The predicted octanol–water partition coefficient (Wildman–Crippen LogP) is 4.54. The summed E-state index contributed by atoms with van der Waals surface area (Å²) >= 11 is 18.4. The van der Waals surface area contributed by atoms with Gasteiger partial charge in [-0.1, -0.05) is 47.8 Å². The zero-order chi connectivity index (χ0) is 28.9. The number of H-pyrrole nitrogens is 1. The van der Waals surface area contributed by atoms with Gasteiger partial charge in [0.1, 0.15) is 16.8 Å². The Morgan fingerprint density at radius 1 is 1.05 bits per heavy atom. The van der Waals surface area contributed by atoms with Crippen molar-refractivity contribution in [2.24, 2.45) is 0 Å². The summed E-state index contributed by atoms with van der Waals surface area (Å²) in [7, 11) is 0. The standard InChI is InChI=1S/C25H23Cl3N2O9/c1-4-18(31)37-21-14(22(33)30(29-21)20-16(27)11-13(26)12-17(20)28)7-6-8-15-23(34)38-25(3,39-24(15)35)10-9-19(32)36-5-2/h6-8,11-12,29H,4-5,9-10H2,1-3H3. The third-order valence-corrected chi connectivity index (χ3v) is 6.07. The van der Waals surface area contributed by atoms with Crippen LogP contribution >= 0.6 is 34.8 Å². The maximum absolute atomic E-state index is 13.2.